The van der Waals surface area contributed by atoms with Gasteiger partial charge in [0.15, 0.2) is 0 Å². The lowest BCUT2D eigenvalue weighted by Gasteiger charge is -2.19. The Morgan fingerprint density at radius 2 is 1.64 bits per heavy atom. The van der Waals surface area contributed by atoms with Gasteiger partial charge in [-0.3, -0.25) is 9.00 Å². The molecule has 0 radical (unpaired) electrons. The predicted molar refractivity (Wildman–Crippen MR) is 102 cm³/mol. The Labute approximate surface area is 151 Å². The number of rotatable bonds is 6. The summed E-state index contributed by atoms with van der Waals surface area (Å²) in [4.78, 5) is 11.9. The number of hydrogen-bond acceptors (Lipinski definition) is 2. The average molecular weight is 361 g/mol. The summed E-state index contributed by atoms with van der Waals surface area (Å²) in [7, 11) is -1.10. The van der Waals surface area contributed by atoms with Crippen molar-refractivity contribution in [1.82, 2.24) is 0 Å². The molecular formula is C20H24FNO2S. The van der Waals surface area contributed by atoms with E-state index in [0.717, 1.165) is 5.56 Å². The molecule has 0 aliphatic heterocycles. The number of benzene rings is 2. The molecule has 0 fully saturated rings. The second kappa shape index (κ2) is 8.39. The van der Waals surface area contributed by atoms with E-state index in [1.54, 1.807) is 0 Å². The van der Waals surface area contributed by atoms with Crippen molar-refractivity contribution in [2.24, 2.45) is 0 Å². The summed E-state index contributed by atoms with van der Waals surface area (Å²) in [5.74, 6) is 0.169. The van der Waals surface area contributed by atoms with E-state index < -0.39 is 10.8 Å². The van der Waals surface area contributed by atoms with Crippen molar-refractivity contribution in [1.29, 1.82) is 0 Å². The molecule has 0 aromatic heterocycles. The highest BCUT2D eigenvalue weighted by Gasteiger charge is 2.13. The fourth-order valence-electron chi connectivity index (χ4n) is 2.32. The minimum Gasteiger partial charge on any atom is -0.326 e. The second-order valence-corrected chi connectivity index (χ2v) is 8.62. The highest BCUT2D eigenvalue weighted by molar-refractivity contribution is 7.84. The summed E-state index contributed by atoms with van der Waals surface area (Å²) >= 11 is 0. The van der Waals surface area contributed by atoms with Crippen molar-refractivity contribution in [2.45, 2.75) is 38.4 Å². The number of hydrogen-bond donors (Lipinski definition) is 1. The molecule has 0 spiro atoms. The zero-order valence-electron chi connectivity index (χ0n) is 14.8. The molecule has 1 amide bonds. The van der Waals surface area contributed by atoms with Crippen molar-refractivity contribution in [3.8, 4) is 0 Å². The molecule has 2 aromatic carbocycles. The van der Waals surface area contributed by atoms with Crippen LogP contribution in [0.4, 0.5) is 10.1 Å². The van der Waals surface area contributed by atoms with Gasteiger partial charge in [0, 0.05) is 34.4 Å². The third-order valence-corrected chi connectivity index (χ3v) is 5.15. The first-order valence-electron chi connectivity index (χ1n) is 8.24. The summed E-state index contributed by atoms with van der Waals surface area (Å²) < 4.78 is 25.0. The molecule has 0 saturated heterocycles. The molecule has 1 N–H and O–H groups in total. The van der Waals surface area contributed by atoms with Gasteiger partial charge in [-0.25, -0.2) is 4.39 Å². The van der Waals surface area contributed by atoms with Crippen molar-refractivity contribution >= 4 is 22.4 Å². The average Bonchev–Trinajstić information content (AvgIpc) is 2.55. The Hall–Kier alpha value is -2.01. The van der Waals surface area contributed by atoms with E-state index in [-0.39, 0.29) is 23.6 Å². The summed E-state index contributed by atoms with van der Waals surface area (Å²) in [6, 6.07) is 13.7. The van der Waals surface area contributed by atoms with E-state index >= 15 is 0 Å². The maximum atomic E-state index is 12.8. The molecule has 2 rings (SSSR count). The summed E-state index contributed by atoms with van der Waals surface area (Å²) in [6.07, 6.45) is 0.171. The maximum Gasteiger partial charge on any atom is 0.225 e. The van der Waals surface area contributed by atoms with Gasteiger partial charge in [-0.05, 0) is 40.8 Å². The number of amides is 1. The quantitative estimate of drug-likeness (QED) is 0.829. The van der Waals surface area contributed by atoms with Gasteiger partial charge in [-0.1, -0.05) is 45.0 Å². The molecule has 0 aliphatic rings. The highest BCUT2D eigenvalue weighted by atomic mass is 32.2. The fourth-order valence-corrected chi connectivity index (χ4v) is 3.44. The van der Waals surface area contributed by atoms with Crippen molar-refractivity contribution < 1.29 is 13.4 Å². The van der Waals surface area contributed by atoms with Crippen LogP contribution in [-0.2, 0) is 26.8 Å². The van der Waals surface area contributed by atoms with Gasteiger partial charge in [-0.2, -0.15) is 0 Å². The third kappa shape index (κ3) is 6.42. The normalized spacial score (nSPS) is 12.6. The number of nitrogens with one attached hydrogen (secondary N) is 1. The molecule has 0 heterocycles. The molecule has 0 saturated carbocycles. The Balaban J connectivity index is 1.80. The van der Waals surface area contributed by atoms with E-state index in [1.807, 2.05) is 12.1 Å². The van der Waals surface area contributed by atoms with Crippen LogP contribution in [0, 0.1) is 5.82 Å². The topological polar surface area (TPSA) is 46.2 Å². The van der Waals surface area contributed by atoms with Crippen molar-refractivity contribution in [3.63, 3.8) is 0 Å². The molecule has 0 unspecified atom stereocenters. The summed E-state index contributed by atoms with van der Waals surface area (Å²) in [6.45, 7) is 6.46. The second-order valence-electron chi connectivity index (χ2n) is 7.04. The number of carbonyl (C=O) groups excluding carboxylic acids is 1. The van der Waals surface area contributed by atoms with Gasteiger partial charge in [0.2, 0.25) is 5.91 Å². The monoisotopic (exact) mass is 361 g/mol. The SMILES string of the molecule is CC(C)(C)c1ccc(C[S@](=O)CCC(=O)Nc2ccc(F)cc2)cc1. The first-order valence-corrected chi connectivity index (χ1v) is 9.72. The summed E-state index contributed by atoms with van der Waals surface area (Å²) in [5.41, 5.74) is 2.87. The van der Waals surface area contributed by atoms with Gasteiger partial charge in [0.1, 0.15) is 5.82 Å². The fraction of sp³-hybridized carbons (Fsp3) is 0.350. The third-order valence-electron chi connectivity index (χ3n) is 3.83. The first-order chi connectivity index (χ1) is 11.7. The molecule has 5 heteroatoms. The standard InChI is InChI=1S/C20H24FNO2S/c1-20(2,3)16-6-4-15(5-7-16)14-25(24)13-12-19(23)22-18-10-8-17(21)9-11-18/h4-11H,12-14H2,1-3H3,(H,22,23)/t25-/m1/s1. The van der Waals surface area contributed by atoms with Crippen LogP contribution in [0.2, 0.25) is 0 Å². The van der Waals surface area contributed by atoms with E-state index in [0.29, 0.717) is 17.2 Å². The van der Waals surface area contributed by atoms with Crippen LogP contribution < -0.4 is 5.32 Å². The molecule has 134 valence electrons. The van der Waals surface area contributed by atoms with Crippen LogP contribution in [0.25, 0.3) is 0 Å². The molecule has 25 heavy (non-hydrogen) atoms. The largest absolute Gasteiger partial charge is 0.326 e. The molecular weight excluding hydrogens is 337 g/mol. The Morgan fingerprint density at radius 3 is 2.20 bits per heavy atom. The number of halogens is 1. The molecule has 1 atom stereocenters. The molecule has 2 aromatic rings. The summed E-state index contributed by atoms with van der Waals surface area (Å²) in [5, 5.41) is 2.67. The van der Waals surface area contributed by atoms with Gasteiger partial charge < -0.3 is 5.32 Å². The van der Waals surface area contributed by atoms with Crippen molar-refractivity contribution in [3.05, 3.63) is 65.5 Å². The Morgan fingerprint density at radius 1 is 1.04 bits per heavy atom. The highest BCUT2D eigenvalue weighted by Crippen LogP contribution is 2.22. The lowest BCUT2D eigenvalue weighted by atomic mass is 9.87. The van der Waals surface area contributed by atoms with E-state index in [9.17, 15) is 13.4 Å². The van der Waals surface area contributed by atoms with Crippen LogP contribution in [0.3, 0.4) is 0 Å². The van der Waals surface area contributed by atoms with Gasteiger partial charge in [-0.15, -0.1) is 0 Å². The molecule has 0 aliphatic carbocycles. The zero-order chi connectivity index (χ0) is 18.4. The molecule has 3 nitrogen and oxygen atoms in total. The number of carbonyl (C=O) groups is 1. The van der Waals surface area contributed by atoms with Crippen LogP contribution in [0.5, 0.6) is 0 Å². The van der Waals surface area contributed by atoms with E-state index in [4.69, 9.17) is 0 Å². The van der Waals surface area contributed by atoms with Crippen LogP contribution in [-0.4, -0.2) is 15.9 Å². The lowest BCUT2D eigenvalue weighted by molar-refractivity contribution is -0.115. The van der Waals surface area contributed by atoms with Gasteiger partial charge in [0.25, 0.3) is 0 Å². The first kappa shape index (κ1) is 19.3. The predicted octanol–water partition coefficient (Wildman–Crippen LogP) is 4.40. The zero-order valence-corrected chi connectivity index (χ0v) is 15.7. The number of anilines is 1. The molecule has 0 bridgehead atoms. The van der Waals surface area contributed by atoms with Crippen molar-refractivity contribution in [2.75, 3.05) is 11.1 Å². The minimum atomic E-state index is -1.10. The van der Waals surface area contributed by atoms with Crippen LogP contribution >= 0.6 is 0 Å². The maximum absolute atomic E-state index is 12.8. The smallest absolute Gasteiger partial charge is 0.225 e. The Kier molecular flexibility index (Phi) is 6.48. The van der Waals surface area contributed by atoms with Gasteiger partial charge >= 0.3 is 0 Å². The lowest BCUT2D eigenvalue weighted by Crippen LogP contribution is -2.15. The van der Waals surface area contributed by atoms with Crippen LogP contribution in [0.15, 0.2) is 48.5 Å². The van der Waals surface area contributed by atoms with Gasteiger partial charge in [0.05, 0.1) is 0 Å². The van der Waals surface area contributed by atoms with E-state index in [2.05, 4.69) is 38.2 Å². The Bertz CT molecular complexity index is 734. The van der Waals surface area contributed by atoms with Crippen LogP contribution in [0.1, 0.15) is 38.3 Å². The minimum absolute atomic E-state index is 0.0934. The van der Waals surface area contributed by atoms with E-state index in [1.165, 1.54) is 29.8 Å².